The summed E-state index contributed by atoms with van der Waals surface area (Å²) in [7, 11) is 1.72. The van der Waals surface area contributed by atoms with E-state index in [2.05, 4.69) is 32.7 Å². The number of nitrogens with zero attached hydrogens (tertiary/aromatic N) is 2. The van der Waals surface area contributed by atoms with Crippen molar-refractivity contribution in [3.8, 4) is 5.75 Å². The zero-order valence-electron chi connectivity index (χ0n) is 17.8. The minimum atomic E-state index is -0.144. The Morgan fingerprint density at radius 3 is 2.77 bits per heavy atom. The van der Waals surface area contributed by atoms with Gasteiger partial charge in [-0.15, -0.1) is 0 Å². The highest BCUT2D eigenvalue weighted by Crippen LogP contribution is 2.30. The number of nitrogens with one attached hydrogen (secondary N) is 2. The molecule has 1 aliphatic heterocycles. The highest BCUT2D eigenvalue weighted by Gasteiger charge is 2.26. The minimum Gasteiger partial charge on any atom is -0.496 e. The number of amides is 1. The Balaban J connectivity index is 1.47. The van der Waals surface area contributed by atoms with Gasteiger partial charge in [0.2, 0.25) is 0 Å². The van der Waals surface area contributed by atoms with E-state index in [1.54, 1.807) is 25.4 Å². The Hall–Kier alpha value is -3.22. The van der Waals surface area contributed by atoms with Crippen molar-refractivity contribution in [3.63, 3.8) is 0 Å². The average molecular weight is 417 g/mol. The van der Waals surface area contributed by atoms with Crippen LogP contribution in [0.2, 0.25) is 0 Å². The number of anilines is 1. The molecule has 2 aromatic carbocycles. The Morgan fingerprint density at radius 2 is 1.94 bits per heavy atom. The van der Waals surface area contributed by atoms with Crippen LogP contribution in [-0.4, -0.2) is 49.1 Å². The molecule has 0 radical (unpaired) electrons. The molecule has 1 aliphatic rings. The maximum atomic E-state index is 12.6. The van der Waals surface area contributed by atoms with Gasteiger partial charge in [-0.1, -0.05) is 42.5 Å². The van der Waals surface area contributed by atoms with Crippen molar-refractivity contribution >= 4 is 11.7 Å². The summed E-state index contributed by atoms with van der Waals surface area (Å²) in [5.74, 6) is 1.40. The fourth-order valence-electron chi connectivity index (χ4n) is 4.05. The number of para-hydroxylation sites is 1. The molecule has 0 aliphatic carbocycles. The highest BCUT2D eigenvalue weighted by molar-refractivity contribution is 6.04. The third-order valence-corrected chi connectivity index (χ3v) is 5.68. The van der Waals surface area contributed by atoms with E-state index in [0.29, 0.717) is 11.4 Å². The van der Waals surface area contributed by atoms with Crippen LogP contribution in [0.5, 0.6) is 5.75 Å². The summed E-state index contributed by atoms with van der Waals surface area (Å²) in [6.45, 7) is 3.65. The van der Waals surface area contributed by atoms with Crippen molar-refractivity contribution in [1.82, 2.24) is 15.2 Å². The van der Waals surface area contributed by atoms with Crippen molar-refractivity contribution in [3.05, 3.63) is 89.6 Å². The van der Waals surface area contributed by atoms with Crippen LogP contribution in [0.15, 0.2) is 72.9 Å². The number of carbonyl (C=O) groups is 1. The molecule has 3 aromatic rings. The first-order valence-corrected chi connectivity index (χ1v) is 10.6. The molecule has 4 rings (SSSR count). The van der Waals surface area contributed by atoms with Crippen LogP contribution in [-0.2, 0) is 6.42 Å². The summed E-state index contributed by atoms with van der Waals surface area (Å²) in [5, 5.41) is 6.48. The topological polar surface area (TPSA) is 66.5 Å². The molecule has 1 amide bonds. The molecule has 2 heterocycles. The number of ether oxygens (including phenoxy) is 1. The SMILES string of the molecule is COc1ccccc1C1CNCCN1CCc1cccnc1NC(=O)c1ccccc1. The summed E-state index contributed by atoms with van der Waals surface area (Å²) in [5.41, 5.74) is 2.85. The van der Waals surface area contributed by atoms with E-state index in [1.807, 2.05) is 42.5 Å². The van der Waals surface area contributed by atoms with E-state index in [-0.39, 0.29) is 11.9 Å². The second-order valence-corrected chi connectivity index (χ2v) is 7.58. The summed E-state index contributed by atoms with van der Waals surface area (Å²) < 4.78 is 5.60. The van der Waals surface area contributed by atoms with Crippen LogP contribution in [0, 0.1) is 0 Å². The first kappa shape index (κ1) is 21.0. The van der Waals surface area contributed by atoms with Gasteiger partial charge in [-0.05, 0) is 36.2 Å². The predicted molar refractivity (Wildman–Crippen MR) is 123 cm³/mol. The van der Waals surface area contributed by atoms with Crippen molar-refractivity contribution < 1.29 is 9.53 Å². The molecule has 160 valence electrons. The van der Waals surface area contributed by atoms with Crippen LogP contribution in [0.1, 0.15) is 27.5 Å². The van der Waals surface area contributed by atoms with Crippen LogP contribution in [0.25, 0.3) is 0 Å². The lowest BCUT2D eigenvalue weighted by molar-refractivity contribution is 0.102. The van der Waals surface area contributed by atoms with Gasteiger partial charge in [-0.25, -0.2) is 4.98 Å². The zero-order valence-corrected chi connectivity index (χ0v) is 17.8. The molecule has 1 unspecified atom stereocenters. The van der Waals surface area contributed by atoms with Gasteiger partial charge in [-0.3, -0.25) is 9.69 Å². The number of rotatable bonds is 7. The van der Waals surface area contributed by atoms with E-state index >= 15 is 0 Å². The summed E-state index contributed by atoms with van der Waals surface area (Å²) in [6.07, 6.45) is 2.51. The van der Waals surface area contributed by atoms with Gasteiger partial charge in [-0.2, -0.15) is 0 Å². The first-order chi connectivity index (χ1) is 15.3. The maximum Gasteiger partial charge on any atom is 0.256 e. The Bertz CT molecular complexity index is 1010. The fourth-order valence-corrected chi connectivity index (χ4v) is 4.05. The Kier molecular flexibility index (Phi) is 6.92. The molecular formula is C25H28N4O2. The van der Waals surface area contributed by atoms with Gasteiger partial charge in [0.05, 0.1) is 13.2 Å². The number of piperazine rings is 1. The van der Waals surface area contributed by atoms with Gasteiger partial charge in [0.25, 0.3) is 5.91 Å². The standard InChI is InChI=1S/C25H28N4O2/c1-31-23-12-6-5-11-21(23)22-18-26-15-17-29(22)16-13-19-10-7-14-27-24(19)28-25(30)20-8-3-2-4-9-20/h2-12,14,22,26H,13,15-18H2,1H3,(H,27,28,30). The molecule has 2 N–H and O–H groups in total. The van der Waals surface area contributed by atoms with Gasteiger partial charge in [0, 0.05) is 43.5 Å². The molecule has 1 fully saturated rings. The summed E-state index contributed by atoms with van der Waals surface area (Å²) in [6, 6.07) is 21.6. The number of pyridine rings is 1. The van der Waals surface area contributed by atoms with Crippen molar-refractivity contribution in [2.75, 3.05) is 38.6 Å². The molecule has 31 heavy (non-hydrogen) atoms. The highest BCUT2D eigenvalue weighted by atomic mass is 16.5. The van der Waals surface area contributed by atoms with Gasteiger partial charge in [0.15, 0.2) is 0 Å². The number of carbonyl (C=O) groups excluding carboxylic acids is 1. The molecule has 6 nitrogen and oxygen atoms in total. The molecule has 0 bridgehead atoms. The lowest BCUT2D eigenvalue weighted by atomic mass is 10.0. The molecule has 6 heteroatoms. The average Bonchev–Trinajstić information content (AvgIpc) is 2.84. The number of methoxy groups -OCH3 is 1. The second-order valence-electron chi connectivity index (χ2n) is 7.58. The second kappa shape index (κ2) is 10.2. The van der Waals surface area contributed by atoms with Crippen LogP contribution < -0.4 is 15.4 Å². The third-order valence-electron chi connectivity index (χ3n) is 5.68. The van der Waals surface area contributed by atoms with Crippen LogP contribution in [0.3, 0.4) is 0 Å². The van der Waals surface area contributed by atoms with E-state index in [9.17, 15) is 4.79 Å². The lowest BCUT2D eigenvalue weighted by Crippen LogP contribution is -2.46. The first-order valence-electron chi connectivity index (χ1n) is 10.6. The van der Waals surface area contributed by atoms with Crippen molar-refractivity contribution in [1.29, 1.82) is 0 Å². The molecule has 1 saturated heterocycles. The normalized spacial score (nSPS) is 16.6. The summed E-state index contributed by atoms with van der Waals surface area (Å²) >= 11 is 0. The zero-order chi connectivity index (χ0) is 21.5. The summed E-state index contributed by atoms with van der Waals surface area (Å²) in [4.78, 5) is 19.5. The Labute approximate surface area is 183 Å². The minimum absolute atomic E-state index is 0.144. The van der Waals surface area contributed by atoms with E-state index in [0.717, 1.165) is 43.9 Å². The van der Waals surface area contributed by atoms with Gasteiger partial charge in [0.1, 0.15) is 11.6 Å². The van der Waals surface area contributed by atoms with E-state index in [4.69, 9.17) is 4.74 Å². The molecule has 0 saturated carbocycles. The van der Waals surface area contributed by atoms with E-state index in [1.165, 1.54) is 5.56 Å². The fraction of sp³-hybridized carbons (Fsp3) is 0.280. The number of benzene rings is 2. The molecule has 1 aromatic heterocycles. The van der Waals surface area contributed by atoms with Gasteiger partial charge >= 0.3 is 0 Å². The number of aromatic nitrogens is 1. The quantitative estimate of drug-likeness (QED) is 0.617. The predicted octanol–water partition coefficient (Wildman–Crippen LogP) is 3.53. The smallest absolute Gasteiger partial charge is 0.256 e. The number of hydrogen-bond donors (Lipinski definition) is 2. The van der Waals surface area contributed by atoms with Crippen molar-refractivity contribution in [2.45, 2.75) is 12.5 Å². The lowest BCUT2D eigenvalue weighted by Gasteiger charge is -2.37. The maximum absolute atomic E-state index is 12.6. The van der Waals surface area contributed by atoms with E-state index < -0.39 is 0 Å². The van der Waals surface area contributed by atoms with Crippen LogP contribution >= 0.6 is 0 Å². The van der Waals surface area contributed by atoms with Crippen molar-refractivity contribution in [2.24, 2.45) is 0 Å². The molecular weight excluding hydrogens is 388 g/mol. The monoisotopic (exact) mass is 416 g/mol. The van der Waals surface area contributed by atoms with Gasteiger partial charge < -0.3 is 15.4 Å². The molecule has 1 atom stereocenters. The number of hydrogen-bond acceptors (Lipinski definition) is 5. The third kappa shape index (κ3) is 5.10. The Morgan fingerprint density at radius 1 is 1.13 bits per heavy atom. The van der Waals surface area contributed by atoms with Crippen LogP contribution in [0.4, 0.5) is 5.82 Å². The largest absolute Gasteiger partial charge is 0.496 e. The molecule has 0 spiro atoms.